The number of carbonyl (C=O) groups excluding carboxylic acids is 1. The van der Waals surface area contributed by atoms with Crippen molar-refractivity contribution < 1.29 is 19.0 Å². The minimum absolute atomic E-state index is 0.246. The number of esters is 1. The molecule has 20 heavy (non-hydrogen) atoms. The summed E-state index contributed by atoms with van der Waals surface area (Å²) in [5, 5.41) is 0. The number of anilines is 1. The van der Waals surface area contributed by atoms with Gasteiger partial charge in [-0.15, -0.1) is 0 Å². The number of hydrogen-bond acceptors (Lipinski definition) is 5. The van der Waals surface area contributed by atoms with Crippen LogP contribution in [0.15, 0.2) is 18.2 Å². The standard InChI is InChI=1S/C15H23NO4/c1-3-5-8-18-9-10-20-15(17)12-6-7-14(19-4-2)13(16)11-12/h6-7,11H,3-5,8-10,16H2,1-2H3. The summed E-state index contributed by atoms with van der Waals surface area (Å²) in [6, 6.07) is 4.88. The van der Waals surface area contributed by atoms with Gasteiger partial charge < -0.3 is 19.9 Å². The van der Waals surface area contributed by atoms with Crippen LogP contribution in [0, 0.1) is 0 Å². The summed E-state index contributed by atoms with van der Waals surface area (Å²) in [5.74, 6) is 0.172. The van der Waals surface area contributed by atoms with Crippen molar-refractivity contribution in [2.45, 2.75) is 26.7 Å². The van der Waals surface area contributed by atoms with Gasteiger partial charge in [-0.1, -0.05) is 13.3 Å². The molecule has 0 aliphatic carbocycles. The zero-order valence-corrected chi connectivity index (χ0v) is 12.2. The van der Waals surface area contributed by atoms with Gasteiger partial charge in [0.2, 0.25) is 0 Å². The molecule has 0 aliphatic heterocycles. The van der Waals surface area contributed by atoms with Crippen molar-refractivity contribution in [1.82, 2.24) is 0 Å². The number of ether oxygens (including phenoxy) is 3. The molecular formula is C15H23NO4. The topological polar surface area (TPSA) is 70.8 Å². The Morgan fingerprint density at radius 2 is 2.00 bits per heavy atom. The van der Waals surface area contributed by atoms with Crippen molar-refractivity contribution in [3.8, 4) is 5.75 Å². The van der Waals surface area contributed by atoms with Gasteiger partial charge in [-0.3, -0.25) is 0 Å². The zero-order valence-electron chi connectivity index (χ0n) is 12.2. The Morgan fingerprint density at radius 3 is 2.65 bits per heavy atom. The van der Waals surface area contributed by atoms with Crippen molar-refractivity contribution in [3.63, 3.8) is 0 Å². The average molecular weight is 281 g/mol. The lowest BCUT2D eigenvalue weighted by Gasteiger charge is -2.09. The Labute approximate surface area is 120 Å². The molecular weight excluding hydrogens is 258 g/mol. The van der Waals surface area contributed by atoms with Gasteiger partial charge in [-0.25, -0.2) is 4.79 Å². The Hall–Kier alpha value is -1.75. The quantitative estimate of drug-likeness (QED) is 0.428. The van der Waals surface area contributed by atoms with E-state index < -0.39 is 5.97 Å². The summed E-state index contributed by atoms with van der Waals surface area (Å²) in [6.45, 7) is 5.86. The highest BCUT2D eigenvalue weighted by Crippen LogP contribution is 2.22. The van der Waals surface area contributed by atoms with E-state index in [9.17, 15) is 4.79 Å². The predicted molar refractivity (Wildman–Crippen MR) is 78.0 cm³/mol. The SMILES string of the molecule is CCCCOCCOC(=O)c1ccc(OCC)c(N)c1. The molecule has 1 rings (SSSR count). The van der Waals surface area contributed by atoms with Crippen LogP contribution in [0.5, 0.6) is 5.75 Å². The minimum atomic E-state index is -0.404. The number of benzene rings is 1. The summed E-state index contributed by atoms with van der Waals surface area (Å²) in [4.78, 5) is 11.8. The molecule has 0 aromatic heterocycles. The van der Waals surface area contributed by atoms with E-state index in [0.29, 0.717) is 36.8 Å². The second-order valence-electron chi connectivity index (χ2n) is 4.29. The number of rotatable bonds is 9. The van der Waals surface area contributed by atoms with E-state index >= 15 is 0 Å². The molecule has 0 unspecified atom stereocenters. The number of unbranched alkanes of at least 4 members (excludes halogenated alkanes) is 1. The predicted octanol–water partition coefficient (Wildman–Crippen LogP) is 2.64. The van der Waals surface area contributed by atoms with Crippen LogP contribution in [-0.2, 0) is 9.47 Å². The van der Waals surface area contributed by atoms with Gasteiger partial charge in [0.15, 0.2) is 0 Å². The summed E-state index contributed by atoms with van der Waals surface area (Å²) in [5.41, 5.74) is 6.64. The third-order valence-electron chi connectivity index (χ3n) is 2.65. The lowest BCUT2D eigenvalue weighted by atomic mass is 10.2. The van der Waals surface area contributed by atoms with Gasteiger partial charge in [-0.05, 0) is 31.5 Å². The Balaban J connectivity index is 2.38. The lowest BCUT2D eigenvalue weighted by Crippen LogP contribution is -2.11. The second kappa shape index (κ2) is 9.20. The van der Waals surface area contributed by atoms with E-state index in [4.69, 9.17) is 19.9 Å². The van der Waals surface area contributed by atoms with Crippen molar-refractivity contribution in [2.75, 3.05) is 32.2 Å². The van der Waals surface area contributed by atoms with Gasteiger partial charge in [-0.2, -0.15) is 0 Å². The minimum Gasteiger partial charge on any atom is -0.492 e. The van der Waals surface area contributed by atoms with Crippen LogP contribution in [0.1, 0.15) is 37.0 Å². The molecule has 1 aromatic rings. The summed E-state index contributed by atoms with van der Waals surface area (Å²) >= 11 is 0. The van der Waals surface area contributed by atoms with Crippen molar-refractivity contribution in [3.05, 3.63) is 23.8 Å². The van der Waals surface area contributed by atoms with Crippen LogP contribution in [0.3, 0.4) is 0 Å². The Morgan fingerprint density at radius 1 is 1.20 bits per heavy atom. The fraction of sp³-hybridized carbons (Fsp3) is 0.533. The third kappa shape index (κ3) is 5.48. The first-order valence-electron chi connectivity index (χ1n) is 6.96. The van der Waals surface area contributed by atoms with E-state index in [0.717, 1.165) is 12.8 Å². The van der Waals surface area contributed by atoms with E-state index in [-0.39, 0.29) is 6.61 Å². The molecule has 112 valence electrons. The highest BCUT2D eigenvalue weighted by atomic mass is 16.6. The maximum absolute atomic E-state index is 11.8. The number of carbonyl (C=O) groups is 1. The van der Waals surface area contributed by atoms with Crippen LogP contribution in [-0.4, -0.2) is 32.4 Å². The molecule has 0 fully saturated rings. The first-order chi connectivity index (χ1) is 9.69. The van der Waals surface area contributed by atoms with E-state index in [1.165, 1.54) is 0 Å². The van der Waals surface area contributed by atoms with Crippen LogP contribution < -0.4 is 10.5 Å². The molecule has 0 radical (unpaired) electrons. The highest BCUT2D eigenvalue weighted by Gasteiger charge is 2.09. The van der Waals surface area contributed by atoms with Crippen LogP contribution >= 0.6 is 0 Å². The monoisotopic (exact) mass is 281 g/mol. The highest BCUT2D eigenvalue weighted by molar-refractivity contribution is 5.91. The van der Waals surface area contributed by atoms with Crippen LogP contribution in [0.4, 0.5) is 5.69 Å². The summed E-state index contributed by atoms with van der Waals surface area (Å²) in [7, 11) is 0. The molecule has 0 atom stereocenters. The fourth-order valence-electron chi connectivity index (χ4n) is 1.59. The fourth-order valence-corrected chi connectivity index (χ4v) is 1.59. The molecule has 0 heterocycles. The van der Waals surface area contributed by atoms with Gasteiger partial charge in [0.1, 0.15) is 12.4 Å². The van der Waals surface area contributed by atoms with Crippen molar-refractivity contribution in [1.29, 1.82) is 0 Å². The molecule has 1 aromatic carbocycles. The number of nitrogen functional groups attached to an aromatic ring is 1. The molecule has 5 heteroatoms. The zero-order chi connectivity index (χ0) is 14.8. The Kier molecular flexibility index (Phi) is 7.50. The first-order valence-corrected chi connectivity index (χ1v) is 6.96. The Bertz CT molecular complexity index is 420. The summed E-state index contributed by atoms with van der Waals surface area (Å²) in [6.07, 6.45) is 2.11. The number of nitrogens with two attached hydrogens (primary N) is 1. The van der Waals surface area contributed by atoms with Gasteiger partial charge in [0.25, 0.3) is 0 Å². The molecule has 0 saturated carbocycles. The number of hydrogen-bond donors (Lipinski definition) is 1. The van der Waals surface area contributed by atoms with Crippen molar-refractivity contribution in [2.24, 2.45) is 0 Å². The molecule has 0 spiro atoms. The third-order valence-corrected chi connectivity index (χ3v) is 2.65. The molecule has 0 amide bonds. The average Bonchev–Trinajstić information content (AvgIpc) is 2.45. The van der Waals surface area contributed by atoms with E-state index in [1.54, 1.807) is 18.2 Å². The largest absolute Gasteiger partial charge is 0.492 e. The van der Waals surface area contributed by atoms with Crippen molar-refractivity contribution >= 4 is 11.7 Å². The van der Waals surface area contributed by atoms with E-state index in [1.807, 2.05) is 6.92 Å². The maximum atomic E-state index is 11.8. The molecule has 0 bridgehead atoms. The van der Waals surface area contributed by atoms with Gasteiger partial charge in [0, 0.05) is 6.61 Å². The van der Waals surface area contributed by atoms with E-state index in [2.05, 4.69) is 6.92 Å². The normalized spacial score (nSPS) is 10.3. The second-order valence-corrected chi connectivity index (χ2v) is 4.29. The van der Waals surface area contributed by atoms with Crippen LogP contribution in [0.2, 0.25) is 0 Å². The maximum Gasteiger partial charge on any atom is 0.338 e. The van der Waals surface area contributed by atoms with Gasteiger partial charge >= 0.3 is 5.97 Å². The lowest BCUT2D eigenvalue weighted by molar-refractivity contribution is 0.0314. The molecule has 0 saturated heterocycles. The van der Waals surface area contributed by atoms with Crippen LogP contribution in [0.25, 0.3) is 0 Å². The molecule has 5 nitrogen and oxygen atoms in total. The smallest absolute Gasteiger partial charge is 0.338 e. The first kappa shape index (κ1) is 16.3. The van der Waals surface area contributed by atoms with Gasteiger partial charge in [0.05, 0.1) is 24.5 Å². The molecule has 2 N–H and O–H groups in total. The molecule has 0 aliphatic rings. The summed E-state index contributed by atoms with van der Waals surface area (Å²) < 4.78 is 15.7.